The van der Waals surface area contributed by atoms with Gasteiger partial charge in [0.1, 0.15) is 17.3 Å². The summed E-state index contributed by atoms with van der Waals surface area (Å²) in [5.74, 6) is 0.956. The molecule has 0 amide bonds. The Morgan fingerprint density at radius 1 is 0.927 bits per heavy atom. The van der Waals surface area contributed by atoms with Crippen molar-refractivity contribution in [3.8, 4) is 17.3 Å². The van der Waals surface area contributed by atoms with E-state index in [1.807, 2.05) is 48.7 Å². The van der Waals surface area contributed by atoms with Crippen molar-refractivity contribution >= 4 is 5.97 Å². The average molecular weight is 558 g/mol. The molecule has 214 valence electrons. The smallest absolute Gasteiger partial charge is 0.337 e. The number of piperazine rings is 1. The molecule has 8 nitrogen and oxygen atoms in total. The monoisotopic (exact) mass is 557 g/mol. The Labute approximate surface area is 240 Å². The lowest BCUT2D eigenvalue weighted by molar-refractivity contribution is 0.0600. The van der Waals surface area contributed by atoms with Crippen LogP contribution in [0.5, 0.6) is 5.75 Å². The van der Waals surface area contributed by atoms with Gasteiger partial charge in [-0.3, -0.25) is 9.88 Å². The summed E-state index contributed by atoms with van der Waals surface area (Å²) < 4.78 is 26.4. The fraction of sp³-hybridized carbons (Fsp3) is 0.344. The first-order valence-corrected chi connectivity index (χ1v) is 14.0. The fourth-order valence-corrected chi connectivity index (χ4v) is 5.08. The molecule has 2 aromatic heterocycles. The highest BCUT2D eigenvalue weighted by Crippen LogP contribution is 2.22. The number of ether oxygens (including phenoxy) is 2. The Bertz CT molecular complexity index is 1400. The van der Waals surface area contributed by atoms with Gasteiger partial charge in [-0.05, 0) is 54.8 Å². The summed E-state index contributed by atoms with van der Waals surface area (Å²) >= 11 is 0. The van der Waals surface area contributed by atoms with E-state index < -0.39 is 5.97 Å². The number of benzene rings is 2. The van der Waals surface area contributed by atoms with Gasteiger partial charge in [0.25, 0.3) is 0 Å². The quantitative estimate of drug-likeness (QED) is 0.185. The van der Waals surface area contributed by atoms with Crippen LogP contribution in [0.2, 0.25) is 0 Å². The van der Waals surface area contributed by atoms with E-state index in [-0.39, 0.29) is 5.82 Å². The molecule has 0 spiro atoms. The minimum Gasteiger partial charge on any atom is -0.494 e. The predicted molar refractivity (Wildman–Crippen MR) is 155 cm³/mol. The number of rotatable bonds is 12. The van der Waals surface area contributed by atoms with E-state index >= 15 is 0 Å². The van der Waals surface area contributed by atoms with Gasteiger partial charge in [-0.1, -0.05) is 30.3 Å². The van der Waals surface area contributed by atoms with E-state index in [1.165, 1.54) is 19.2 Å². The Morgan fingerprint density at radius 2 is 1.68 bits per heavy atom. The second-order valence-electron chi connectivity index (χ2n) is 10.2. The Balaban J connectivity index is 1.22. The molecule has 0 N–H and O–H groups in total. The number of esters is 1. The molecule has 5 rings (SSSR count). The summed E-state index contributed by atoms with van der Waals surface area (Å²) in [6.45, 7) is 7.09. The molecule has 4 aromatic rings. The highest BCUT2D eigenvalue weighted by atomic mass is 19.1. The van der Waals surface area contributed by atoms with Gasteiger partial charge in [0.15, 0.2) is 5.82 Å². The van der Waals surface area contributed by atoms with Crippen LogP contribution in [-0.2, 0) is 24.2 Å². The highest BCUT2D eigenvalue weighted by molar-refractivity contribution is 5.90. The van der Waals surface area contributed by atoms with Crippen LogP contribution in [0.3, 0.4) is 0 Å². The molecule has 1 aliphatic rings. The molecule has 1 saturated heterocycles. The van der Waals surface area contributed by atoms with Crippen LogP contribution in [0.15, 0.2) is 79.1 Å². The molecule has 2 aromatic carbocycles. The fourth-order valence-electron chi connectivity index (χ4n) is 5.08. The minimum atomic E-state index is -0.414. The number of aryl methyl sites for hydroxylation is 1. The second-order valence-corrected chi connectivity index (χ2v) is 10.2. The number of pyridine rings is 1. The number of aromatic nitrogens is 3. The van der Waals surface area contributed by atoms with Crippen molar-refractivity contribution in [2.45, 2.75) is 25.9 Å². The first-order valence-electron chi connectivity index (χ1n) is 14.0. The summed E-state index contributed by atoms with van der Waals surface area (Å²) in [7, 11) is 1.36. The van der Waals surface area contributed by atoms with Crippen LogP contribution in [-0.4, -0.2) is 76.7 Å². The van der Waals surface area contributed by atoms with E-state index in [4.69, 9.17) is 14.5 Å². The topological polar surface area (TPSA) is 72.7 Å². The molecular weight excluding hydrogens is 521 g/mol. The van der Waals surface area contributed by atoms with Crippen molar-refractivity contribution in [3.05, 3.63) is 102 Å². The number of hydrogen-bond donors (Lipinski definition) is 0. The molecule has 0 saturated carbocycles. The summed E-state index contributed by atoms with van der Waals surface area (Å²) in [4.78, 5) is 26.3. The van der Waals surface area contributed by atoms with Crippen LogP contribution < -0.4 is 4.74 Å². The predicted octanol–water partition coefficient (Wildman–Crippen LogP) is 4.70. The maximum Gasteiger partial charge on any atom is 0.337 e. The third-order valence-electron chi connectivity index (χ3n) is 7.37. The van der Waals surface area contributed by atoms with Gasteiger partial charge in [0, 0.05) is 52.0 Å². The van der Waals surface area contributed by atoms with Gasteiger partial charge in [-0.2, -0.15) is 0 Å². The summed E-state index contributed by atoms with van der Waals surface area (Å²) in [6, 6.07) is 19.9. The van der Waals surface area contributed by atoms with Crippen molar-refractivity contribution in [2.75, 3.05) is 46.4 Å². The first kappa shape index (κ1) is 28.4. The number of imidazole rings is 1. The number of carbonyl (C=O) groups is 1. The highest BCUT2D eigenvalue weighted by Gasteiger charge is 2.21. The van der Waals surface area contributed by atoms with E-state index in [2.05, 4.69) is 19.4 Å². The van der Waals surface area contributed by atoms with E-state index in [1.54, 1.807) is 18.3 Å². The van der Waals surface area contributed by atoms with Gasteiger partial charge < -0.3 is 18.9 Å². The van der Waals surface area contributed by atoms with Crippen molar-refractivity contribution < 1.29 is 18.7 Å². The van der Waals surface area contributed by atoms with Gasteiger partial charge in [0.05, 0.1) is 31.2 Å². The van der Waals surface area contributed by atoms with E-state index in [0.29, 0.717) is 36.7 Å². The third-order valence-corrected chi connectivity index (χ3v) is 7.37. The van der Waals surface area contributed by atoms with Crippen molar-refractivity contribution in [1.82, 2.24) is 24.3 Å². The number of methoxy groups -OCH3 is 1. The number of nitrogens with zero attached hydrogens (tertiary/aromatic N) is 5. The van der Waals surface area contributed by atoms with Crippen molar-refractivity contribution in [1.29, 1.82) is 0 Å². The molecule has 1 fully saturated rings. The largest absolute Gasteiger partial charge is 0.494 e. The molecule has 0 atom stereocenters. The number of halogens is 1. The minimum absolute atomic E-state index is 0.246. The normalized spacial score (nSPS) is 14.2. The summed E-state index contributed by atoms with van der Waals surface area (Å²) in [6.07, 6.45) is 5.21. The second kappa shape index (κ2) is 14.0. The summed E-state index contributed by atoms with van der Waals surface area (Å²) in [5, 5.41) is 0. The third kappa shape index (κ3) is 7.77. The lowest BCUT2D eigenvalue weighted by atomic mass is 10.1. The average Bonchev–Trinajstić information content (AvgIpc) is 3.42. The zero-order chi connectivity index (χ0) is 28.4. The van der Waals surface area contributed by atoms with Crippen LogP contribution in [0.25, 0.3) is 11.5 Å². The van der Waals surface area contributed by atoms with Crippen molar-refractivity contribution in [3.63, 3.8) is 0 Å². The van der Waals surface area contributed by atoms with Gasteiger partial charge in [-0.25, -0.2) is 14.2 Å². The van der Waals surface area contributed by atoms with Gasteiger partial charge in [-0.15, -0.1) is 0 Å². The molecule has 0 radical (unpaired) electrons. The Kier molecular flexibility index (Phi) is 9.72. The maximum absolute atomic E-state index is 13.5. The zero-order valence-corrected chi connectivity index (χ0v) is 23.4. The Morgan fingerprint density at radius 3 is 2.44 bits per heavy atom. The molecule has 41 heavy (non-hydrogen) atoms. The van der Waals surface area contributed by atoms with E-state index in [9.17, 15) is 9.18 Å². The zero-order valence-electron chi connectivity index (χ0n) is 23.4. The number of hydrogen-bond acceptors (Lipinski definition) is 7. The SMILES string of the molecule is COC(=O)c1ccnc(-c2ncc(CN3CCN(CCCOc4ccccc4)CC3)n2CCc2ccc(F)cc2)c1. The number of carbonyl (C=O) groups excluding carboxylic acids is 1. The maximum atomic E-state index is 13.5. The molecule has 9 heteroatoms. The van der Waals surface area contributed by atoms with Crippen LogP contribution in [0.1, 0.15) is 28.0 Å². The Hall–Kier alpha value is -4.08. The van der Waals surface area contributed by atoms with Crippen LogP contribution in [0.4, 0.5) is 4.39 Å². The first-order chi connectivity index (χ1) is 20.1. The van der Waals surface area contributed by atoms with E-state index in [0.717, 1.165) is 62.7 Å². The van der Waals surface area contributed by atoms with Crippen LogP contribution in [0, 0.1) is 5.82 Å². The lowest BCUT2D eigenvalue weighted by Crippen LogP contribution is -2.46. The molecule has 0 unspecified atom stereocenters. The molecular formula is C32H36FN5O3. The molecule has 1 aliphatic heterocycles. The van der Waals surface area contributed by atoms with Crippen LogP contribution >= 0.6 is 0 Å². The molecule has 0 aliphatic carbocycles. The lowest BCUT2D eigenvalue weighted by Gasteiger charge is -2.34. The number of para-hydroxylation sites is 1. The standard InChI is InChI=1S/C32H36FN5O3/c1-40-32(39)26-12-14-34-30(22-26)31-35-23-28(38(31)16-13-25-8-10-27(33)11-9-25)24-37-19-17-36(18-20-37)15-5-21-41-29-6-3-2-4-7-29/h2-4,6-12,14,22-23H,5,13,15-21,24H2,1H3. The molecule has 3 heterocycles. The van der Waals surface area contributed by atoms with Crippen molar-refractivity contribution in [2.24, 2.45) is 0 Å². The van der Waals surface area contributed by atoms with Gasteiger partial charge in [0.2, 0.25) is 0 Å². The summed E-state index contributed by atoms with van der Waals surface area (Å²) in [5.41, 5.74) is 3.16. The molecule has 0 bridgehead atoms. The van der Waals surface area contributed by atoms with Gasteiger partial charge >= 0.3 is 5.97 Å².